The van der Waals surface area contributed by atoms with Crippen molar-refractivity contribution in [1.29, 1.82) is 0 Å². The number of aryl methyl sites for hydroxylation is 1. The number of benzene rings is 2. The van der Waals surface area contributed by atoms with Crippen LogP contribution in [0.4, 0.5) is 4.79 Å². The topological polar surface area (TPSA) is 118 Å². The molecule has 1 heterocycles. The van der Waals surface area contributed by atoms with E-state index < -0.39 is 12.1 Å². The van der Waals surface area contributed by atoms with Crippen LogP contribution in [-0.2, 0) is 16.1 Å². The van der Waals surface area contributed by atoms with E-state index in [1.165, 1.54) is 22.5 Å². The minimum atomic E-state index is -0.902. The number of amides is 2. The number of hydrogen-bond acceptors (Lipinski definition) is 6. The number of nitrogens with zero attached hydrogens (tertiary/aromatic N) is 1. The molecular weight excluding hydrogens is 454 g/mol. The van der Waals surface area contributed by atoms with Crippen molar-refractivity contribution in [3.63, 3.8) is 0 Å². The number of thiazole rings is 1. The Bertz CT molecular complexity index is 1180. The van der Waals surface area contributed by atoms with Crippen molar-refractivity contribution in [3.8, 4) is 11.1 Å². The van der Waals surface area contributed by atoms with Crippen LogP contribution in [0.25, 0.3) is 11.1 Å². The molecule has 176 valence electrons. The van der Waals surface area contributed by atoms with Crippen molar-refractivity contribution < 1.29 is 24.2 Å². The van der Waals surface area contributed by atoms with Crippen LogP contribution < -0.4 is 10.6 Å². The van der Waals surface area contributed by atoms with Crippen LogP contribution in [0.3, 0.4) is 0 Å². The number of nitrogens with one attached hydrogen (secondary N) is 2. The van der Waals surface area contributed by atoms with E-state index in [-0.39, 0.29) is 43.6 Å². The number of hydrogen-bond donors (Lipinski definition) is 3. The maximum Gasteiger partial charge on any atom is 0.407 e. The van der Waals surface area contributed by atoms with Gasteiger partial charge in [0.15, 0.2) is 0 Å². The van der Waals surface area contributed by atoms with Crippen LogP contribution >= 0.6 is 11.3 Å². The Balaban J connectivity index is 1.29. The summed E-state index contributed by atoms with van der Waals surface area (Å²) in [5.74, 6) is -1.27. The molecule has 0 saturated heterocycles. The van der Waals surface area contributed by atoms with Gasteiger partial charge in [0.1, 0.15) is 17.3 Å². The summed E-state index contributed by atoms with van der Waals surface area (Å²) in [7, 11) is 0. The van der Waals surface area contributed by atoms with E-state index in [4.69, 9.17) is 9.84 Å². The lowest BCUT2D eigenvalue weighted by atomic mass is 9.98. The Kier molecular flexibility index (Phi) is 7.22. The van der Waals surface area contributed by atoms with Crippen molar-refractivity contribution in [2.75, 3.05) is 13.2 Å². The van der Waals surface area contributed by atoms with Gasteiger partial charge in [-0.05, 0) is 35.6 Å². The second-order valence-corrected chi connectivity index (χ2v) is 9.23. The molecule has 8 nitrogen and oxygen atoms in total. The number of carboxylic acid groups (broad SMARTS) is 1. The molecule has 34 heavy (non-hydrogen) atoms. The highest BCUT2D eigenvalue weighted by Crippen LogP contribution is 2.44. The van der Waals surface area contributed by atoms with Crippen molar-refractivity contribution >= 4 is 29.3 Å². The third kappa shape index (κ3) is 5.26. The van der Waals surface area contributed by atoms with E-state index in [0.717, 1.165) is 16.0 Å². The summed E-state index contributed by atoms with van der Waals surface area (Å²) in [4.78, 5) is 40.2. The molecule has 0 atom stereocenters. The fraction of sp³-hybridized carbons (Fsp3) is 0.280. The van der Waals surface area contributed by atoms with Gasteiger partial charge in [-0.25, -0.2) is 9.78 Å². The first-order valence-electron chi connectivity index (χ1n) is 11.0. The average Bonchev–Trinajstić information content (AvgIpc) is 3.36. The van der Waals surface area contributed by atoms with E-state index >= 15 is 0 Å². The number of alkyl carbamates (subject to hydrolysis) is 1. The van der Waals surface area contributed by atoms with E-state index in [1.54, 1.807) is 6.92 Å². The molecule has 0 radical (unpaired) electrons. The van der Waals surface area contributed by atoms with Gasteiger partial charge in [0.2, 0.25) is 0 Å². The summed E-state index contributed by atoms with van der Waals surface area (Å²) in [5.41, 5.74) is 4.90. The molecule has 0 unspecified atom stereocenters. The van der Waals surface area contributed by atoms with E-state index in [9.17, 15) is 14.4 Å². The van der Waals surface area contributed by atoms with Gasteiger partial charge >= 0.3 is 12.1 Å². The normalized spacial score (nSPS) is 12.0. The maximum absolute atomic E-state index is 12.4. The van der Waals surface area contributed by atoms with Gasteiger partial charge in [-0.3, -0.25) is 9.59 Å². The predicted molar refractivity (Wildman–Crippen MR) is 128 cm³/mol. The summed E-state index contributed by atoms with van der Waals surface area (Å²) < 4.78 is 5.53. The number of carbonyl (C=O) groups is 3. The molecule has 2 amide bonds. The van der Waals surface area contributed by atoms with Crippen molar-refractivity contribution in [3.05, 3.63) is 75.2 Å². The van der Waals surface area contributed by atoms with Crippen LogP contribution in [0.2, 0.25) is 0 Å². The molecule has 0 bridgehead atoms. The number of aromatic nitrogens is 1. The summed E-state index contributed by atoms with van der Waals surface area (Å²) in [6.07, 6.45) is -0.207. The molecule has 3 aromatic rings. The molecule has 0 fully saturated rings. The van der Waals surface area contributed by atoms with Crippen LogP contribution in [0.1, 0.15) is 50.3 Å². The standard InChI is InChI=1S/C25H25N3O5S/c1-15-23(24(31)26-12-6-11-22(29)30)28-21(34-15)13-27-25(32)33-14-20-18-9-4-2-7-16(18)17-8-3-5-10-19(17)20/h2-5,7-10,20H,6,11-14H2,1H3,(H,26,31)(H,27,32)(H,29,30). The molecule has 2 aromatic carbocycles. The Hall–Kier alpha value is -3.72. The highest BCUT2D eigenvalue weighted by molar-refractivity contribution is 7.11. The van der Waals surface area contributed by atoms with E-state index in [0.29, 0.717) is 11.4 Å². The molecule has 1 aliphatic rings. The number of fused-ring (bicyclic) bond motifs is 3. The third-order valence-electron chi connectivity index (χ3n) is 5.64. The summed E-state index contributed by atoms with van der Waals surface area (Å²) >= 11 is 1.32. The van der Waals surface area contributed by atoms with Crippen LogP contribution in [-0.4, -0.2) is 41.2 Å². The zero-order valence-electron chi connectivity index (χ0n) is 18.7. The summed E-state index contributed by atoms with van der Waals surface area (Å²) in [6, 6.07) is 16.3. The summed E-state index contributed by atoms with van der Waals surface area (Å²) in [6.45, 7) is 2.41. The van der Waals surface area contributed by atoms with Gasteiger partial charge in [-0.15, -0.1) is 11.3 Å². The number of carboxylic acids is 1. The molecule has 0 aliphatic heterocycles. The van der Waals surface area contributed by atoms with Crippen LogP contribution in [0.5, 0.6) is 0 Å². The largest absolute Gasteiger partial charge is 0.481 e. The second-order valence-electron chi connectivity index (χ2n) is 7.94. The monoisotopic (exact) mass is 479 g/mol. The fourth-order valence-electron chi connectivity index (χ4n) is 4.06. The molecule has 0 spiro atoms. The van der Waals surface area contributed by atoms with E-state index in [1.807, 2.05) is 24.3 Å². The Labute approximate surface area is 201 Å². The minimum Gasteiger partial charge on any atom is -0.481 e. The van der Waals surface area contributed by atoms with Crippen molar-refractivity contribution in [2.45, 2.75) is 32.2 Å². The SMILES string of the molecule is Cc1sc(CNC(=O)OCC2c3ccccc3-c3ccccc32)nc1C(=O)NCCCC(=O)O. The lowest BCUT2D eigenvalue weighted by molar-refractivity contribution is -0.137. The molecule has 0 saturated carbocycles. The van der Waals surface area contributed by atoms with Gasteiger partial charge in [0.25, 0.3) is 5.91 Å². The Morgan fingerprint density at radius 3 is 2.32 bits per heavy atom. The van der Waals surface area contributed by atoms with Gasteiger partial charge in [0.05, 0.1) is 6.54 Å². The fourth-order valence-corrected chi connectivity index (χ4v) is 4.93. The zero-order chi connectivity index (χ0) is 24.1. The number of aliphatic carboxylic acids is 1. The Morgan fingerprint density at radius 1 is 1.03 bits per heavy atom. The minimum absolute atomic E-state index is 0.00830. The molecule has 3 N–H and O–H groups in total. The van der Waals surface area contributed by atoms with Crippen molar-refractivity contribution in [2.24, 2.45) is 0 Å². The lowest BCUT2D eigenvalue weighted by Gasteiger charge is -2.14. The predicted octanol–water partition coefficient (Wildman–Crippen LogP) is 4.08. The van der Waals surface area contributed by atoms with Gasteiger partial charge in [-0.1, -0.05) is 48.5 Å². The molecular formula is C25H25N3O5S. The maximum atomic E-state index is 12.4. The van der Waals surface area contributed by atoms with Gasteiger partial charge in [-0.2, -0.15) is 0 Å². The lowest BCUT2D eigenvalue weighted by Crippen LogP contribution is -2.27. The molecule has 9 heteroatoms. The highest BCUT2D eigenvalue weighted by Gasteiger charge is 2.29. The number of carbonyl (C=O) groups excluding carboxylic acids is 2. The van der Waals surface area contributed by atoms with Gasteiger partial charge < -0.3 is 20.5 Å². The van der Waals surface area contributed by atoms with Crippen LogP contribution in [0, 0.1) is 6.92 Å². The first kappa shape index (κ1) is 23.4. The number of ether oxygens (including phenoxy) is 1. The molecule has 1 aromatic heterocycles. The first-order chi connectivity index (χ1) is 16.4. The smallest absolute Gasteiger partial charge is 0.407 e. The molecule has 4 rings (SSSR count). The number of rotatable bonds is 9. The van der Waals surface area contributed by atoms with Crippen LogP contribution in [0.15, 0.2) is 48.5 Å². The second kappa shape index (κ2) is 10.5. The first-order valence-corrected chi connectivity index (χ1v) is 11.8. The summed E-state index contributed by atoms with van der Waals surface area (Å²) in [5, 5.41) is 14.6. The zero-order valence-corrected chi connectivity index (χ0v) is 19.5. The highest BCUT2D eigenvalue weighted by atomic mass is 32.1. The average molecular weight is 480 g/mol. The van der Waals surface area contributed by atoms with Crippen molar-refractivity contribution in [1.82, 2.24) is 15.6 Å². The Morgan fingerprint density at radius 2 is 1.68 bits per heavy atom. The quantitative estimate of drug-likeness (QED) is 0.398. The third-order valence-corrected chi connectivity index (χ3v) is 6.61. The van der Waals surface area contributed by atoms with E-state index in [2.05, 4.69) is 39.9 Å². The van der Waals surface area contributed by atoms with Gasteiger partial charge in [0, 0.05) is 23.8 Å². The molecule has 1 aliphatic carbocycles.